The number of sulfonamides is 1. The molecule has 0 aromatic carbocycles. The molecular formula is C14H19N5O4S. The highest BCUT2D eigenvalue weighted by atomic mass is 32.2. The van der Waals surface area contributed by atoms with Crippen molar-refractivity contribution in [3.05, 3.63) is 31.1 Å². The van der Waals surface area contributed by atoms with E-state index in [1.54, 1.807) is 15.4 Å². The molecule has 3 heterocycles. The molecule has 1 saturated heterocycles. The molecule has 1 aliphatic rings. The van der Waals surface area contributed by atoms with Crippen LogP contribution in [-0.4, -0.2) is 56.2 Å². The summed E-state index contributed by atoms with van der Waals surface area (Å²) in [4.78, 5) is 15.9. The maximum atomic E-state index is 12.7. The summed E-state index contributed by atoms with van der Waals surface area (Å²) in [6, 6.07) is 0. The number of rotatable bonds is 5. The molecule has 24 heavy (non-hydrogen) atoms. The molecule has 0 aliphatic carbocycles. The fraction of sp³-hybridized carbons (Fsp3) is 0.500. The molecule has 0 amide bonds. The van der Waals surface area contributed by atoms with Crippen LogP contribution in [0.1, 0.15) is 19.8 Å². The zero-order valence-electron chi connectivity index (χ0n) is 13.2. The van der Waals surface area contributed by atoms with E-state index in [0.717, 1.165) is 0 Å². The fourth-order valence-electron chi connectivity index (χ4n) is 2.99. The van der Waals surface area contributed by atoms with Gasteiger partial charge in [0.1, 0.15) is 10.4 Å². The largest absolute Gasteiger partial charge is 0.479 e. The monoisotopic (exact) mass is 353 g/mol. The Morgan fingerprint density at radius 2 is 2.08 bits per heavy atom. The Balaban J connectivity index is 1.82. The minimum atomic E-state index is -3.66. The second kappa shape index (κ2) is 6.02. The molecule has 1 N–H and O–H groups in total. The lowest BCUT2D eigenvalue weighted by Crippen LogP contribution is -2.51. The van der Waals surface area contributed by atoms with Gasteiger partial charge in [-0.3, -0.25) is 4.68 Å². The number of hydrogen-bond acceptors (Lipinski definition) is 5. The topological polar surface area (TPSA) is 110 Å². The van der Waals surface area contributed by atoms with Gasteiger partial charge in [0.2, 0.25) is 10.0 Å². The smallest absolute Gasteiger partial charge is 0.330 e. The van der Waals surface area contributed by atoms with E-state index in [0.29, 0.717) is 6.54 Å². The van der Waals surface area contributed by atoms with Crippen LogP contribution in [0.15, 0.2) is 36.0 Å². The number of aryl methyl sites for hydroxylation is 1. The van der Waals surface area contributed by atoms with E-state index >= 15 is 0 Å². The zero-order valence-corrected chi connectivity index (χ0v) is 14.1. The van der Waals surface area contributed by atoms with Crippen molar-refractivity contribution in [3.63, 3.8) is 0 Å². The number of hydrogen-bond donors (Lipinski definition) is 1. The first-order valence-electron chi connectivity index (χ1n) is 7.64. The first kappa shape index (κ1) is 16.7. The lowest BCUT2D eigenvalue weighted by molar-refractivity contribution is -0.149. The van der Waals surface area contributed by atoms with Gasteiger partial charge in [-0.2, -0.15) is 9.40 Å². The number of carboxylic acid groups (broad SMARTS) is 1. The van der Waals surface area contributed by atoms with Gasteiger partial charge in [-0.05, 0) is 19.8 Å². The van der Waals surface area contributed by atoms with Crippen molar-refractivity contribution in [2.24, 2.45) is 0 Å². The maximum Gasteiger partial charge on any atom is 0.330 e. The minimum Gasteiger partial charge on any atom is -0.479 e. The Morgan fingerprint density at radius 3 is 2.58 bits per heavy atom. The van der Waals surface area contributed by atoms with Gasteiger partial charge in [0, 0.05) is 38.2 Å². The summed E-state index contributed by atoms with van der Waals surface area (Å²) in [5.41, 5.74) is -1.16. The average molecular weight is 353 g/mol. The van der Waals surface area contributed by atoms with Crippen LogP contribution in [0.4, 0.5) is 0 Å². The van der Waals surface area contributed by atoms with Gasteiger partial charge in [-0.15, -0.1) is 0 Å². The zero-order chi connectivity index (χ0) is 17.4. The summed E-state index contributed by atoms with van der Waals surface area (Å²) in [6.45, 7) is 2.71. The van der Waals surface area contributed by atoms with Crippen LogP contribution in [0.5, 0.6) is 0 Å². The third kappa shape index (κ3) is 2.61. The summed E-state index contributed by atoms with van der Waals surface area (Å²) in [7, 11) is -3.66. The van der Waals surface area contributed by atoms with Gasteiger partial charge in [0.15, 0.2) is 0 Å². The first-order chi connectivity index (χ1) is 11.4. The number of carboxylic acids is 1. The third-order valence-electron chi connectivity index (χ3n) is 4.52. The van der Waals surface area contributed by atoms with Gasteiger partial charge in [0.05, 0.1) is 12.5 Å². The Morgan fingerprint density at radius 1 is 1.38 bits per heavy atom. The van der Waals surface area contributed by atoms with Gasteiger partial charge in [-0.25, -0.2) is 18.2 Å². The van der Waals surface area contributed by atoms with Crippen LogP contribution in [-0.2, 0) is 26.9 Å². The lowest BCUT2D eigenvalue weighted by Gasteiger charge is -2.38. The maximum absolute atomic E-state index is 12.7. The van der Waals surface area contributed by atoms with E-state index in [2.05, 4.69) is 10.1 Å². The van der Waals surface area contributed by atoms with Crippen molar-refractivity contribution < 1.29 is 18.3 Å². The summed E-state index contributed by atoms with van der Waals surface area (Å²) in [5.74, 6) is -0.976. The molecule has 1 aliphatic heterocycles. The molecule has 0 bridgehead atoms. The summed E-state index contributed by atoms with van der Waals surface area (Å²) in [6.07, 6.45) is 7.76. The molecular weight excluding hydrogens is 334 g/mol. The highest BCUT2D eigenvalue weighted by Gasteiger charge is 2.45. The number of nitrogens with zero attached hydrogens (tertiary/aromatic N) is 5. The normalized spacial score (nSPS) is 18.5. The van der Waals surface area contributed by atoms with Gasteiger partial charge >= 0.3 is 5.97 Å². The Hall–Kier alpha value is -2.20. The second-order valence-corrected chi connectivity index (χ2v) is 7.68. The Kier molecular flexibility index (Phi) is 4.18. The molecule has 0 spiro atoms. The average Bonchev–Trinajstić information content (AvgIpc) is 3.26. The van der Waals surface area contributed by atoms with Crippen molar-refractivity contribution in [3.8, 4) is 0 Å². The predicted molar refractivity (Wildman–Crippen MR) is 83.7 cm³/mol. The number of imidazole rings is 1. The summed E-state index contributed by atoms with van der Waals surface area (Å²) in [5, 5.41) is 13.7. The van der Waals surface area contributed by atoms with Crippen LogP contribution in [0.2, 0.25) is 0 Å². The van der Waals surface area contributed by atoms with Crippen molar-refractivity contribution in [2.75, 3.05) is 13.1 Å². The molecule has 2 aromatic rings. The van der Waals surface area contributed by atoms with E-state index in [1.807, 2.05) is 6.92 Å². The summed E-state index contributed by atoms with van der Waals surface area (Å²) < 4.78 is 29.8. The fourth-order valence-corrected chi connectivity index (χ4v) is 4.39. The molecule has 3 rings (SSSR count). The van der Waals surface area contributed by atoms with Crippen molar-refractivity contribution in [2.45, 2.75) is 36.7 Å². The first-order valence-corrected chi connectivity index (χ1v) is 9.08. The number of piperidine rings is 1. The number of aliphatic carboxylic acids is 1. The number of carbonyl (C=O) groups is 1. The Bertz CT molecular complexity index is 819. The molecule has 0 unspecified atom stereocenters. The van der Waals surface area contributed by atoms with Crippen LogP contribution in [0.3, 0.4) is 0 Å². The molecule has 1 fully saturated rings. The van der Waals surface area contributed by atoms with Gasteiger partial charge in [-0.1, -0.05) is 0 Å². The van der Waals surface area contributed by atoms with E-state index in [-0.39, 0.29) is 30.8 Å². The molecule has 2 aromatic heterocycles. The van der Waals surface area contributed by atoms with E-state index in [1.165, 1.54) is 29.2 Å². The molecule has 0 atom stereocenters. The van der Waals surface area contributed by atoms with Crippen LogP contribution < -0.4 is 0 Å². The van der Waals surface area contributed by atoms with Gasteiger partial charge in [0.25, 0.3) is 0 Å². The second-order valence-electron chi connectivity index (χ2n) is 5.74. The van der Waals surface area contributed by atoms with Gasteiger partial charge < -0.3 is 9.67 Å². The SMILES string of the molecule is CCn1cc(S(=O)(=O)N2CCC(C(=O)O)(n3ccnc3)CC2)cn1. The highest BCUT2D eigenvalue weighted by molar-refractivity contribution is 7.89. The third-order valence-corrected chi connectivity index (χ3v) is 6.37. The van der Waals surface area contributed by atoms with Crippen molar-refractivity contribution in [1.82, 2.24) is 23.6 Å². The highest BCUT2D eigenvalue weighted by Crippen LogP contribution is 2.32. The van der Waals surface area contributed by atoms with E-state index in [9.17, 15) is 18.3 Å². The molecule has 10 heteroatoms. The quantitative estimate of drug-likeness (QED) is 0.831. The van der Waals surface area contributed by atoms with Crippen molar-refractivity contribution >= 4 is 16.0 Å². The molecule has 9 nitrogen and oxygen atoms in total. The lowest BCUT2D eigenvalue weighted by atomic mass is 9.88. The Labute approximate surface area is 139 Å². The van der Waals surface area contributed by atoms with Crippen LogP contribution in [0.25, 0.3) is 0 Å². The molecule has 0 saturated carbocycles. The standard InChI is InChI=1S/C14H19N5O4S/c1-2-18-10-12(9-16-18)24(22,23)19-6-3-14(4-7-19,13(20)21)17-8-5-15-11-17/h5,8-11H,2-4,6-7H2,1H3,(H,20,21). The molecule has 0 radical (unpaired) electrons. The number of aromatic nitrogens is 4. The van der Waals surface area contributed by atoms with E-state index in [4.69, 9.17) is 0 Å². The summed E-state index contributed by atoms with van der Waals surface area (Å²) >= 11 is 0. The van der Waals surface area contributed by atoms with Crippen LogP contribution >= 0.6 is 0 Å². The predicted octanol–water partition coefficient (Wildman–Crippen LogP) is 0.364. The minimum absolute atomic E-state index is 0.129. The van der Waals surface area contributed by atoms with Crippen molar-refractivity contribution in [1.29, 1.82) is 0 Å². The van der Waals surface area contributed by atoms with Crippen LogP contribution in [0, 0.1) is 0 Å². The molecule has 130 valence electrons. The van der Waals surface area contributed by atoms with E-state index < -0.39 is 21.5 Å².